The van der Waals surface area contributed by atoms with Crippen LogP contribution in [0.1, 0.15) is 22.3 Å². The van der Waals surface area contributed by atoms with Crippen LogP contribution >= 0.6 is 23.2 Å². The average molecular weight is 475 g/mol. The molecule has 164 valence electrons. The number of halogens is 5. The number of benzene rings is 2. The van der Waals surface area contributed by atoms with Gasteiger partial charge in [0.2, 0.25) is 0 Å². The van der Waals surface area contributed by atoms with Crippen LogP contribution in [0.15, 0.2) is 41.2 Å². The maximum absolute atomic E-state index is 12.6. The molecule has 3 aromatic rings. The van der Waals surface area contributed by atoms with Gasteiger partial charge in [0.25, 0.3) is 11.5 Å². The van der Waals surface area contributed by atoms with E-state index in [2.05, 4.69) is 15.0 Å². The van der Waals surface area contributed by atoms with Gasteiger partial charge in [-0.3, -0.25) is 9.59 Å². The van der Waals surface area contributed by atoms with E-state index in [1.54, 1.807) is 18.2 Å². The minimum Gasteiger partial charge on any atom is -0.502 e. The Morgan fingerprint density at radius 2 is 1.90 bits per heavy atom. The highest BCUT2D eigenvalue weighted by atomic mass is 35.5. The Morgan fingerprint density at radius 3 is 2.58 bits per heavy atom. The Morgan fingerprint density at radius 1 is 1.16 bits per heavy atom. The Labute approximate surface area is 183 Å². The van der Waals surface area contributed by atoms with Crippen LogP contribution in [0.3, 0.4) is 0 Å². The predicted molar refractivity (Wildman–Crippen MR) is 110 cm³/mol. The Balaban J connectivity index is 1.80. The largest absolute Gasteiger partial charge is 0.573 e. The van der Waals surface area contributed by atoms with Gasteiger partial charge in [-0.1, -0.05) is 41.4 Å². The number of rotatable bonds is 6. The molecular formula is C20H15Cl2F3N2O4. The molecule has 0 fully saturated rings. The van der Waals surface area contributed by atoms with E-state index in [1.165, 1.54) is 12.1 Å². The number of aromatic hydroxyl groups is 1. The molecule has 0 saturated carbocycles. The smallest absolute Gasteiger partial charge is 0.502 e. The number of hydrogen-bond acceptors (Lipinski definition) is 4. The molecule has 0 spiro atoms. The van der Waals surface area contributed by atoms with Crippen molar-refractivity contribution in [1.29, 1.82) is 0 Å². The molecule has 3 rings (SSSR count). The van der Waals surface area contributed by atoms with Crippen molar-refractivity contribution >= 4 is 40.0 Å². The van der Waals surface area contributed by atoms with Crippen LogP contribution in [-0.4, -0.2) is 28.9 Å². The normalized spacial score (nSPS) is 11.5. The molecule has 0 atom stereocenters. The van der Waals surface area contributed by atoms with Crippen LogP contribution in [0.25, 0.3) is 10.9 Å². The molecule has 1 heterocycles. The minimum atomic E-state index is -5.00. The number of aryl methyl sites for hydroxylation is 1. The molecule has 11 heteroatoms. The summed E-state index contributed by atoms with van der Waals surface area (Å²) in [5.41, 5.74) is -1.03. The van der Waals surface area contributed by atoms with Crippen molar-refractivity contribution in [2.75, 3.05) is 6.54 Å². The molecule has 3 N–H and O–H groups in total. The highest BCUT2D eigenvalue weighted by Crippen LogP contribution is 2.32. The van der Waals surface area contributed by atoms with Crippen LogP contribution < -0.4 is 15.6 Å². The number of ether oxygens (including phenoxy) is 1. The van der Waals surface area contributed by atoms with Crippen molar-refractivity contribution in [3.05, 3.63) is 67.9 Å². The number of fused-ring (bicyclic) bond motifs is 1. The zero-order valence-electron chi connectivity index (χ0n) is 15.6. The first kappa shape index (κ1) is 22.8. The number of aromatic amines is 1. The summed E-state index contributed by atoms with van der Waals surface area (Å²) in [6.45, 7) is 0.172. The molecule has 0 unspecified atom stereocenters. The molecule has 0 aliphatic heterocycles. The first-order chi connectivity index (χ1) is 14.6. The number of carbonyl (C=O) groups excluding carboxylic acids is 1. The number of para-hydroxylation sites is 1. The second-order valence-corrected chi connectivity index (χ2v) is 7.33. The lowest BCUT2D eigenvalue weighted by molar-refractivity contribution is -0.274. The van der Waals surface area contributed by atoms with Crippen LogP contribution in [0, 0.1) is 0 Å². The fraction of sp³-hybridized carbons (Fsp3) is 0.200. The first-order valence-electron chi connectivity index (χ1n) is 8.92. The average Bonchev–Trinajstić information content (AvgIpc) is 2.68. The number of carbonyl (C=O) groups is 1. The van der Waals surface area contributed by atoms with E-state index in [0.29, 0.717) is 22.9 Å². The molecule has 0 saturated heterocycles. The van der Waals surface area contributed by atoms with Crippen molar-refractivity contribution in [3.8, 4) is 11.5 Å². The van der Waals surface area contributed by atoms with Gasteiger partial charge < -0.3 is 20.1 Å². The maximum Gasteiger partial charge on any atom is 0.573 e. The van der Waals surface area contributed by atoms with Gasteiger partial charge in [0.1, 0.15) is 0 Å². The van der Waals surface area contributed by atoms with E-state index < -0.39 is 34.9 Å². The molecule has 0 bridgehead atoms. The highest BCUT2D eigenvalue weighted by Gasteiger charge is 2.32. The molecule has 2 aromatic carbocycles. The van der Waals surface area contributed by atoms with Crippen molar-refractivity contribution in [1.82, 2.24) is 10.3 Å². The van der Waals surface area contributed by atoms with Crippen molar-refractivity contribution < 1.29 is 27.8 Å². The third kappa shape index (κ3) is 5.42. The Kier molecular flexibility index (Phi) is 6.66. The van der Waals surface area contributed by atoms with Crippen molar-refractivity contribution in [2.45, 2.75) is 19.2 Å². The molecule has 1 amide bonds. The third-order valence-corrected chi connectivity index (χ3v) is 5.09. The molecule has 1 aromatic heterocycles. The van der Waals surface area contributed by atoms with Crippen LogP contribution in [0.2, 0.25) is 10.0 Å². The maximum atomic E-state index is 12.6. The zero-order valence-corrected chi connectivity index (χ0v) is 17.2. The monoisotopic (exact) mass is 474 g/mol. The highest BCUT2D eigenvalue weighted by molar-refractivity contribution is 6.42. The van der Waals surface area contributed by atoms with Gasteiger partial charge in [0.05, 0.1) is 21.1 Å². The van der Waals surface area contributed by atoms with Crippen LogP contribution in [0.5, 0.6) is 11.5 Å². The summed E-state index contributed by atoms with van der Waals surface area (Å²) < 4.78 is 41.8. The number of hydrogen-bond donors (Lipinski definition) is 3. The molecule has 0 radical (unpaired) electrons. The van der Waals surface area contributed by atoms with Crippen LogP contribution in [0.4, 0.5) is 13.2 Å². The number of H-pyrrole nitrogens is 1. The van der Waals surface area contributed by atoms with Gasteiger partial charge in [-0.25, -0.2) is 0 Å². The molecule has 6 nitrogen and oxygen atoms in total. The van der Waals surface area contributed by atoms with Crippen LogP contribution in [-0.2, 0) is 6.42 Å². The molecule has 31 heavy (non-hydrogen) atoms. The second kappa shape index (κ2) is 9.07. The summed E-state index contributed by atoms with van der Waals surface area (Å²) in [5, 5.41) is 13.4. The quantitative estimate of drug-likeness (QED) is 0.447. The fourth-order valence-corrected chi connectivity index (χ4v) is 3.32. The van der Waals surface area contributed by atoms with Gasteiger partial charge in [0, 0.05) is 11.9 Å². The summed E-state index contributed by atoms with van der Waals surface area (Å²) in [4.78, 5) is 26.7. The van der Waals surface area contributed by atoms with E-state index in [0.717, 1.165) is 11.6 Å². The number of amides is 1. The van der Waals surface area contributed by atoms with Gasteiger partial charge in [-0.05, 0) is 36.6 Å². The summed E-state index contributed by atoms with van der Waals surface area (Å²) in [6, 6.07) is 8.62. The summed E-state index contributed by atoms with van der Waals surface area (Å²) in [7, 11) is 0. The summed E-state index contributed by atoms with van der Waals surface area (Å²) in [6.07, 6.45) is -3.95. The lowest BCUT2D eigenvalue weighted by Gasteiger charge is -2.14. The van der Waals surface area contributed by atoms with Gasteiger partial charge in [0.15, 0.2) is 11.5 Å². The van der Waals surface area contributed by atoms with E-state index in [4.69, 9.17) is 23.2 Å². The minimum absolute atomic E-state index is 0.0965. The number of aromatic nitrogens is 1. The van der Waals surface area contributed by atoms with E-state index in [9.17, 15) is 27.9 Å². The molecular weight excluding hydrogens is 460 g/mol. The zero-order chi connectivity index (χ0) is 22.8. The summed E-state index contributed by atoms with van der Waals surface area (Å²) in [5.74, 6) is -2.42. The lowest BCUT2D eigenvalue weighted by Crippen LogP contribution is -2.27. The van der Waals surface area contributed by atoms with Gasteiger partial charge in [-0.2, -0.15) is 0 Å². The number of pyridine rings is 1. The lowest BCUT2D eigenvalue weighted by atomic mass is 10.1. The SMILES string of the molecule is O=C(NCCCc1ccc(Cl)c(Cl)c1)c1c(O)c(=O)[nH]c2c(OC(F)(F)F)cccc12. The fourth-order valence-electron chi connectivity index (χ4n) is 3.00. The van der Waals surface area contributed by atoms with Gasteiger partial charge >= 0.3 is 6.36 Å². The van der Waals surface area contributed by atoms with Gasteiger partial charge in [-0.15, -0.1) is 13.2 Å². The molecule has 0 aliphatic carbocycles. The standard InChI is InChI=1S/C20H15Cl2F3N2O4/c21-12-7-6-10(9-13(12)22)3-2-8-26-18(29)15-11-4-1-5-14(31-20(23,24)25)16(11)27-19(30)17(15)28/h1,4-7,9,28H,2-3,8H2,(H,26,29)(H,27,30). The number of alkyl halides is 3. The van der Waals surface area contributed by atoms with Crippen molar-refractivity contribution in [2.24, 2.45) is 0 Å². The Hall–Kier alpha value is -2.91. The number of nitrogens with one attached hydrogen (secondary N) is 2. The molecule has 0 aliphatic rings. The van der Waals surface area contributed by atoms with E-state index in [1.807, 2.05) is 0 Å². The topological polar surface area (TPSA) is 91.4 Å². The Bertz CT molecular complexity index is 1200. The van der Waals surface area contributed by atoms with E-state index >= 15 is 0 Å². The summed E-state index contributed by atoms with van der Waals surface area (Å²) >= 11 is 11.8. The first-order valence-corrected chi connectivity index (χ1v) is 9.68. The third-order valence-electron chi connectivity index (χ3n) is 4.35. The van der Waals surface area contributed by atoms with E-state index in [-0.39, 0.29) is 17.4 Å². The van der Waals surface area contributed by atoms with Crippen molar-refractivity contribution in [3.63, 3.8) is 0 Å². The predicted octanol–water partition coefficient (Wildman–Crippen LogP) is 4.80. The second-order valence-electron chi connectivity index (χ2n) is 6.51.